The SMILES string of the molecule is CCn1nnnc1COc1ccc(C(=O)Nc2c(C)nn(C)c2C(=O)OC)cc1. The number of nitrogens with one attached hydrogen (secondary N) is 1. The molecule has 0 aliphatic carbocycles. The molecule has 1 amide bonds. The van der Waals surface area contributed by atoms with E-state index >= 15 is 0 Å². The van der Waals surface area contributed by atoms with Crippen LogP contribution in [0.4, 0.5) is 5.69 Å². The van der Waals surface area contributed by atoms with Crippen molar-refractivity contribution in [3.8, 4) is 5.75 Å². The van der Waals surface area contributed by atoms with Crippen LogP contribution >= 0.6 is 0 Å². The second kappa shape index (κ2) is 8.50. The summed E-state index contributed by atoms with van der Waals surface area (Å²) in [6.45, 7) is 4.49. The van der Waals surface area contributed by atoms with Crippen molar-refractivity contribution in [3.05, 3.63) is 47.0 Å². The lowest BCUT2D eigenvalue weighted by Crippen LogP contribution is -2.16. The van der Waals surface area contributed by atoms with Crippen molar-refractivity contribution in [2.45, 2.75) is 27.0 Å². The summed E-state index contributed by atoms with van der Waals surface area (Å²) < 4.78 is 13.4. The van der Waals surface area contributed by atoms with E-state index in [4.69, 9.17) is 9.47 Å². The van der Waals surface area contributed by atoms with Crippen LogP contribution in [0.3, 0.4) is 0 Å². The number of hydrogen-bond acceptors (Lipinski definition) is 8. The molecule has 152 valence electrons. The standard InChI is InChI=1S/C18H21N7O4/c1-5-25-14(20-22-23-25)10-29-13-8-6-12(7-9-13)17(26)19-15-11(2)21-24(3)16(15)18(27)28-4/h6-9H,5,10H2,1-4H3,(H,19,26). The summed E-state index contributed by atoms with van der Waals surface area (Å²) in [7, 11) is 2.88. The Morgan fingerprint density at radius 1 is 1.21 bits per heavy atom. The molecule has 0 saturated carbocycles. The van der Waals surface area contributed by atoms with Gasteiger partial charge in [0.05, 0.1) is 18.5 Å². The Balaban J connectivity index is 1.69. The van der Waals surface area contributed by atoms with Gasteiger partial charge in [0.2, 0.25) is 0 Å². The average molecular weight is 399 g/mol. The van der Waals surface area contributed by atoms with E-state index in [1.807, 2.05) is 6.92 Å². The average Bonchev–Trinajstić information content (AvgIpc) is 3.29. The van der Waals surface area contributed by atoms with Gasteiger partial charge in [-0.15, -0.1) is 5.10 Å². The zero-order valence-electron chi connectivity index (χ0n) is 16.5. The molecule has 0 saturated heterocycles. The van der Waals surface area contributed by atoms with E-state index in [0.717, 1.165) is 0 Å². The number of methoxy groups -OCH3 is 1. The summed E-state index contributed by atoms with van der Waals surface area (Å²) in [5, 5.41) is 18.2. The summed E-state index contributed by atoms with van der Waals surface area (Å²) in [5.74, 6) is 0.214. The molecule has 0 radical (unpaired) electrons. The van der Waals surface area contributed by atoms with Crippen LogP contribution in [-0.2, 0) is 24.9 Å². The molecule has 0 atom stereocenters. The second-order valence-corrected chi connectivity index (χ2v) is 6.10. The van der Waals surface area contributed by atoms with E-state index in [-0.39, 0.29) is 18.2 Å². The molecule has 0 unspecified atom stereocenters. The molecule has 3 aromatic rings. The number of tetrazole rings is 1. The number of aromatic nitrogens is 6. The molecule has 0 spiro atoms. The topological polar surface area (TPSA) is 126 Å². The lowest BCUT2D eigenvalue weighted by atomic mass is 10.2. The lowest BCUT2D eigenvalue weighted by Gasteiger charge is -2.09. The quantitative estimate of drug-likeness (QED) is 0.590. The summed E-state index contributed by atoms with van der Waals surface area (Å²) in [5.41, 5.74) is 1.40. The van der Waals surface area contributed by atoms with Crippen molar-refractivity contribution in [3.63, 3.8) is 0 Å². The zero-order valence-corrected chi connectivity index (χ0v) is 16.5. The molecular formula is C18H21N7O4. The number of esters is 1. The van der Waals surface area contributed by atoms with E-state index in [1.54, 1.807) is 42.9 Å². The Kier molecular flexibility index (Phi) is 5.86. The number of amides is 1. The van der Waals surface area contributed by atoms with Gasteiger partial charge in [-0.3, -0.25) is 9.48 Å². The Bertz CT molecular complexity index is 1020. The molecule has 11 heteroatoms. The van der Waals surface area contributed by atoms with Crippen LogP contribution < -0.4 is 10.1 Å². The summed E-state index contributed by atoms with van der Waals surface area (Å²) in [6.07, 6.45) is 0. The fourth-order valence-electron chi connectivity index (χ4n) is 2.75. The largest absolute Gasteiger partial charge is 0.486 e. The van der Waals surface area contributed by atoms with Crippen molar-refractivity contribution in [1.82, 2.24) is 30.0 Å². The Morgan fingerprint density at radius 2 is 1.93 bits per heavy atom. The van der Waals surface area contributed by atoms with Crippen molar-refractivity contribution >= 4 is 17.6 Å². The second-order valence-electron chi connectivity index (χ2n) is 6.10. The molecule has 1 aromatic carbocycles. The third-order valence-corrected chi connectivity index (χ3v) is 4.23. The minimum atomic E-state index is -0.582. The fourth-order valence-corrected chi connectivity index (χ4v) is 2.75. The predicted molar refractivity (Wildman–Crippen MR) is 102 cm³/mol. The Labute approximate surface area is 166 Å². The van der Waals surface area contributed by atoms with Gasteiger partial charge in [0.25, 0.3) is 5.91 Å². The van der Waals surface area contributed by atoms with Gasteiger partial charge < -0.3 is 14.8 Å². The van der Waals surface area contributed by atoms with E-state index in [2.05, 4.69) is 25.9 Å². The number of ether oxygens (including phenoxy) is 2. The van der Waals surface area contributed by atoms with Gasteiger partial charge in [0.1, 0.15) is 12.4 Å². The van der Waals surface area contributed by atoms with Crippen molar-refractivity contribution < 1.29 is 19.1 Å². The van der Waals surface area contributed by atoms with Crippen molar-refractivity contribution in [2.24, 2.45) is 7.05 Å². The summed E-state index contributed by atoms with van der Waals surface area (Å²) >= 11 is 0. The number of hydrogen-bond donors (Lipinski definition) is 1. The highest BCUT2D eigenvalue weighted by molar-refractivity contribution is 6.08. The van der Waals surface area contributed by atoms with Crippen molar-refractivity contribution in [2.75, 3.05) is 12.4 Å². The first-order valence-electron chi connectivity index (χ1n) is 8.85. The normalized spacial score (nSPS) is 10.6. The van der Waals surface area contributed by atoms with Crippen LogP contribution in [0.15, 0.2) is 24.3 Å². The van der Waals surface area contributed by atoms with Gasteiger partial charge in [0, 0.05) is 19.2 Å². The molecule has 29 heavy (non-hydrogen) atoms. The number of aryl methyl sites for hydroxylation is 3. The first-order valence-corrected chi connectivity index (χ1v) is 8.85. The highest BCUT2D eigenvalue weighted by Gasteiger charge is 2.22. The zero-order chi connectivity index (χ0) is 21.0. The van der Waals surface area contributed by atoms with E-state index < -0.39 is 5.97 Å². The molecule has 2 aromatic heterocycles. The molecule has 0 fully saturated rings. The third kappa shape index (κ3) is 4.23. The molecule has 1 N–H and O–H groups in total. The van der Waals surface area contributed by atoms with E-state index in [1.165, 1.54) is 11.8 Å². The number of benzene rings is 1. The molecule has 0 aliphatic heterocycles. The van der Waals surface area contributed by atoms with Gasteiger partial charge >= 0.3 is 5.97 Å². The van der Waals surface area contributed by atoms with Crippen LogP contribution in [0.25, 0.3) is 0 Å². The van der Waals surface area contributed by atoms with Crippen LogP contribution in [0, 0.1) is 6.92 Å². The first-order chi connectivity index (χ1) is 13.9. The van der Waals surface area contributed by atoms with Gasteiger partial charge in [0.15, 0.2) is 11.5 Å². The first kappa shape index (κ1) is 20.0. The maximum Gasteiger partial charge on any atom is 0.358 e. The van der Waals surface area contributed by atoms with Crippen LogP contribution in [0.5, 0.6) is 5.75 Å². The highest BCUT2D eigenvalue weighted by Crippen LogP contribution is 2.22. The number of carbonyl (C=O) groups is 2. The number of carbonyl (C=O) groups excluding carboxylic acids is 2. The minimum Gasteiger partial charge on any atom is -0.486 e. The van der Waals surface area contributed by atoms with Crippen LogP contribution in [0.1, 0.15) is 39.3 Å². The highest BCUT2D eigenvalue weighted by atomic mass is 16.5. The van der Waals surface area contributed by atoms with Gasteiger partial charge in [-0.25, -0.2) is 9.48 Å². The lowest BCUT2D eigenvalue weighted by molar-refractivity contribution is 0.0589. The maximum absolute atomic E-state index is 12.6. The molecule has 0 aliphatic rings. The fraction of sp³-hybridized carbons (Fsp3) is 0.333. The predicted octanol–water partition coefficient (Wildman–Crippen LogP) is 1.35. The molecule has 0 bridgehead atoms. The van der Waals surface area contributed by atoms with E-state index in [9.17, 15) is 9.59 Å². The summed E-state index contributed by atoms with van der Waals surface area (Å²) in [4.78, 5) is 24.6. The monoisotopic (exact) mass is 399 g/mol. The third-order valence-electron chi connectivity index (χ3n) is 4.23. The Hall–Kier alpha value is -3.76. The van der Waals surface area contributed by atoms with Crippen LogP contribution in [-0.4, -0.2) is 49.0 Å². The number of nitrogens with zero attached hydrogens (tertiary/aromatic N) is 6. The number of rotatable bonds is 7. The van der Waals surface area contributed by atoms with Gasteiger partial charge in [-0.1, -0.05) is 0 Å². The number of anilines is 1. The molecular weight excluding hydrogens is 378 g/mol. The van der Waals surface area contributed by atoms with Crippen molar-refractivity contribution in [1.29, 1.82) is 0 Å². The maximum atomic E-state index is 12.6. The van der Waals surface area contributed by atoms with Gasteiger partial charge in [-0.05, 0) is 48.5 Å². The van der Waals surface area contributed by atoms with Gasteiger partial charge in [-0.2, -0.15) is 5.10 Å². The molecule has 3 rings (SSSR count). The molecule has 2 heterocycles. The van der Waals surface area contributed by atoms with E-state index in [0.29, 0.717) is 35.1 Å². The Morgan fingerprint density at radius 3 is 2.59 bits per heavy atom. The minimum absolute atomic E-state index is 0.173. The summed E-state index contributed by atoms with van der Waals surface area (Å²) in [6, 6.07) is 6.59. The smallest absolute Gasteiger partial charge is 0.358 e. The molecule has 11 nitrogen and oxygen atoms in total. The van der Waals surface area contributed by atoms with Crippen LogP contribution in [0.2, 0.25) is 0 Å².